The summed E-state index contributed by atoms with van der Waals surface area (Å²) in [5.41, 5.74) is 5.81. The molecule has 1 aliphatic carbocycles. The Balaban J connectivity index is 2.03. The quantitative estimate of drug-likeness (QED) is 0.719. The molecule has 2 aromatic carbocycles. The second kappa shape index (κ2) is 5.00. The lowest BCUT2D eigenvalue weighted by molar-refractivity contribution is 0.112. The van der Waals surface area contributed by atoms with E-state index in [0.717, 1.165) is 17.8 Å². The van der Waals surface area contributed by atoms with Crippen LogP contribution in [0.3, 0.4) is 0 Å². The zero-order valence-electron chi connectivity index (χ0n) is 11.2. The van der Waals surface area contributed by atoms with Crippen molar-refractivity contribution < 1.29 is 4.79 Å². The Morgan fingerprint density at radius 3 is 2.63 bits per heavy atom. The van der Waals surface area contributed by atoms with Gasteiger partial charge in [-0.1, -0.05) is 42.8 Å². The summed E-state index contributed by atoms with van der Waals surface area (Å²) in [5.74, 6) is 0.745. The summed E-state index contributed by atoms with van der Waals surface area (Å²) in [6.07, 6.45) is 4.90. The van der Waals surface area contributed by atoms with E-state index in [4.69, 9.17) is 0 Å². The molecule has 0 aromatic heterocycles. The van der Waals surface area contributed by atoms with Crippen molar-refractivity contribution in [1.29, 1.82) is 0 Å². The molecule has 2 aromatic rings. The average Bonchev–Trinajstić information content (AvgIpc) is 2.38. The van der Waals surface area contributed by atoms with Gasteiger partial charge in [0.1, 0.15) is 6.29 Å². The number of rotatable bonds is 3. The molecule has 0 atom stereocenters. The number of carbonyl (C=O) groups is 1. The predicted octanol–water partition coefficient (Wildman–Crippen LogP) is 4.74. The maximum absolute atomic E-state index is 10.9. The fraction of sp³-hybridized carbons (Fsp3) is 0.278. The van der Waals surface area contributed by atoms with Crippen molar-refractivity contribution in [2.24, 2.45) is 0 Å². The summed E-state index contributed by atoms with van der Waals surface area (Å²) in [5, 5.41) is 0. The Kier molecular flexibility index (Phi) is 3.20. The minimum Gasteiger partial charge on any atom is -0.298 e. The first-order chi connectivity index (χ1) is 9.28. The molecule has 19 heavy (non-hydrogen) atoms. The molecular formula is C18H18O. The van der Waals surface area contributed by atoms with Crippen LogP contribution in [0.25, 0.3) is 11.1 Å². The molecule has 1 fully saturated rings. The van der Waals surface area contributed by atoms with Gasteiger partial charge in [0, 0.05) is 5.56 Å². The van der Waals surface area contributed by atoms with Crippen LogP contribution >= 0.6 is 0 Å². The highest BCUT2D eigenvalue weighted by molar-refractivity contribution is 5.80. The summed E-state index contributed by atoms with van der Waals surface area (Å²) in [6, 6.07) is 14.7. The van der Waals surface area contributed by atoms with E-state index in [0.29, 0.717) is 0 Å². The van der Waals surface area contributed by atoms with Gasteiger partial charge in [-0.3, -0.25) is 4.79 Å². The van der Waals surface area contributed by atoms with Crippen molar-refractivity contribution in [3.8, 4) is 11.1 Å². The van der Waals surface area contributed by atoms with E-state index in [1.165, 1.54) is 41.5 Å². The van der Waals surface area contributed by atoms with Crippen LogP contribution in [-0.2, 0) is 0 Å². The lowest BCUT2D eigenvalue weighted by atomic mass is 9.79. The molecule has 0 radical (unpaired) electrons. The van der Waals surface area contributed by atoms with Gasteiger partial charge in [0.2, 0.25) is 0 Å². The van der Waals surface area contributed by atoms with E-state index in [1.807, 2.05) is 18.2 Å². The molecule has 0 saturated heterocycles. The molecular weight excluding hydrogens is 232 g/mol. The van der Waals surface area contributed by atoms with Crippen LogP contribution in [0.5, 0.6) is 0 Å². The van der Waals surface area contributed by atoms with Crippen molar-refractivity contribution in [2.75, 3.05) is 0 Å². The van der Waals surface area contributed by atoms with Gasteiger partial charge in [-0.2, -0.15) is 0 Å². The standard InChI is InChI=1S/C18H18O/c1-13-8-9-14(12-19)10-18(13)17-7-3-6-16(11-17)15-4-2-5-15/h3,6-12,15H,2,4-5H2,1H3. The first-order valence-corrected chi connectivity index (χ1v) is 6.94. The highest BCUT2D eigenvalue weighted by atomic mass is 16.1. The molecule has 1 nitrogen and oxygen atoms in total. The lowest BCUT2D eigenvalue weighted by Crippen LogP contribution is -2.08. The van der Waals surface area contributed by atoms with Crippen LogP contribution in [0.15, 0.2) is 42.5 Å². The van der Waals surface area contributed by atoms with Gasteiger partial charge in [0.25, 0.3) is 0 Å². The van der Waals surface area contributed by atoms with Crippen LogP contribution in [-0.4, -0.2) is 6.29 Å². The Hall–Kier alpha value is -1.89. The lowest BCUT2D eigenvalue weighted by Gasteiger charge is -2.26. The fourth-order valence-corrected chi connectivity index (χ4v) is 2.73. The Morgan fingerprint density at radius 1 is 1.11 bits per heavy atom. The number of carbonyl (C=O) groups excluding carboxylic acids is 1. The molecule has 1 aliphatic rings. The third kappa shape index (κ3) is 2.33. The molecule has 0 heterocycles. The second-order valence-electron chi connectivity index (χ2n) is 5.45. The minimum absolute atomic E-state index is 0.745. The van der Waals surface area contributed by atoms with Gasteiger partial charge in [0.15, 0.2) is 0 Å². The fourth-order valence-electron chi connectivity index (χ4n) is 2.73. The third-order valence-electron chi connectivity index (χ3n) is 4.17. The number of hydrogen-bond acceptors (Lipinski definition) is 1. The molecule has 0 N–H and O–H groups in total. The number of aryl methyl sites for hydroxylation is 1. The van der Waals surface area contributed by atoms with Crippen molar-refractivity contribution in [3.05, 3.63) is 59.2 Å². The van der Waals surface area contributed by atoms with Gasteiger partial charge >= 0.3 is 0 Å². The third-order valence-corrected chi connectivity index (χ3v) is 4.17. The van der Waals surface area contributed by atoms with Crippen molar-refractivity contribution in [2.45, 2.75) is 32.1 Å². The van der Waals surface area contributed by atoms with E-state index >= 15 is 0 Å². The van der Waals surface area contributed by atoms with E-state index in [-0.39, 0.29) is 0 Å². The average molecular weight is 250 g/mol. The first-order valence-electron chi connectivity index (χ1n) is 6.94. The maximum Gasteiger partial charge on any atom is 0.150 e. The van der Waals surface area contributed by atoms with E-state index in [9.17, 15) is 4.79 Å². The molecule has 0 bridgehead atoms. The monoisotopic (exact) mass is 250 g/mol. The first kappa shape index (κ1) is 12.2. The number of aldehydes is 1. The molecule has 3 rings (SSSR count). The zero-order valence-corrected chi connectivity index (χ0v) is 11.2. The highest BCUT2D eigenvalue weighted by Gasteiger charge is 2.19. The Labute approximate surface area is 114 Å². The summed E-state index contributed by atoms with van der Waals surface area (Å²) in [6.45, 7) is 2.10. The summed E-state index contributed by atoms with van der Waals surface area (Å²) < 4.78 is 0. The van der Waals surface area contributed by atoms with Gasteiger partial charge in [-0.05, 0) is 54.0 Å². The van der Waals surface area contributed by atoms with Crippen molar-refractivity contribution in [1.82, 2.24) is 0 Å². The van der Waals surface area contributed by atoms with Crippen LogP contribution in [0, 0.1) is 6.92 Å². The van der Waals surface area contributed by atoms with Gasteiger partial charge in [0.05, 0.1) is 0 Å². The second-order valence-corrected chi connectivity index (χ2v) is 5.45. The van der Waals surface area contributed by atoms with Gasteiger partial charge < -0.3 is 0 Å². The smallest absolute Gasteiger partial charge is 0.150 e. The molecule has 96 valence electrons. The molecule has 0 unspecified atom stereocenters. The minimum atomic E-state index is 0.745. The van der Waals surface area contributed by atoms with Crippen molar-refractivity contribution in [3.63, 3.8) is 0 Å². The zero-order chi connectivity index (χ0) is 13.2. The molecule has 0 amide bonds. The van der Waals surface area contributed by atoms with Gasteiger partial charge in [-0.15, -0.1) is 0 Å². The molecule has 0 aliphatic heterocycles. The van der Waals surface area contributed by atoms with E-state index in [2.05, 4.69) is 31.2 Å². The SMILES string of the molecule is Cc1ccc(C=O)cc1-c1cccc(C2CCC2)c1. The Bertz CT molecular complexity index is 609. The summed E-state index contributed by atoms with van der Waals surface area (Å²) in [7, 11) is 0. The number of hydrogen-bond donors (Lipinski definition) is 0. The van der Waals surface area contributed by atoms with Crippen LogP contribution in [0.4, 0.5) is 0 Å². The molecule has 0 spiro atoms. The van der Waals surface area contributed by atoms with Crippen LogP contribution in [0.1, 0.15) is 46.7 Å². The number of benzene rings is 2. The van der Waals surface area contributed by atoms with Crippen LogP contribution < -0.4 is 0 Å². The Morgan fingerprint density at radius 2 is 1.95 bits per heavy atom. The summed E-state index contributed by atoms with van der Waals surface area (Å²) in [4.78, 5) is 10.9. The van der Waals surface area contributed by atoms with E-state index < -0.39 is 0 Å². The topological polar surface area (TPSA) is 17.1 Å². The van der Waals surface area contributed by atoms with Crippen LogP contribution in [0.2, 0.25) is 0 Å². The molecule has 1 saturated carbocycles. The largest absolute Gasteiger partial charge is 0.298 e. The van der Waals surface area contributed by atoms with E-state index in [1.54, 1.807) is 0 Å². The normalized spacial score (nSPS) is 15.0. The van der Waals surface area contributed by atoms with Gasteiger partial charge in [-0.25, -0.2) is 0 Å². The maximum atomic E-state index is 10.9. The van der Waals surface area contributed by atoms with Crippen molar-refractivity contribution >= 4 is 6.29 Å². The highest BCUT2D eigenvalue weighted by Crippen LogP contribution is 2.38. The molecule has 1 heteroatoms. The predicted molar refractivity (Wildman–Crippen MR) is 78.6 cm³/mol. The summed E-state index contributed by atoms with van der Waals surface area (Å²) >= 11 is 0.